The number of ether oxygens (including phenoxy) is 2. The van der Waals surface area contributed by atoms with Gasteiger partial charge >= 0.3 is 41.6 Å². The zero-order chi connectivity index (χ0) is 40.1. The number of anilines is 1. The molecule has 5 N–H and O–H groups in total. The van der Waals surface area contributed by atoms with E-state index in [-0.39, 0.29) is 90.5 Å². The number of halogens is 2. The van der Waals surface area contributed by atoms with E-state index in [0.717, 1.165) is 22.5 Å². The number of hydrogen-bond donors (Lipinski definition) is 4. The van der Waals surface area contributed by atoms with Crippen LogP contribution in [0.5, 0.6) is 0 Å². The molecule has 2 aromatic carbocycles. The van der Waals surface area contributed by atoms with Crippen molar-refractivity contribution in [3.8, 4) is 11.1 Å². The van der Waals surface area contributed by atoms with Crippen LogP contribution in [0.25, 0.3) is 11.1 Å². The van der Waals surface area contributed by atoms with Gasteiger partial charge in [0.15, 0.2) is 31.3 Å². The van der Waals surface area contributed by atoms with Gasteiger partial charge in [-0.3, -0.25) is 9.69 Å². The van der Waals surface area contributed by atoms with Crippen LogP contribution in [0.1, 0.15) is 55.8 Å². The number of carbonyl (C=O) groups excluding carboxylic acids is 3. The van der Waals surface area contributed by atoms with Gasteiger partial charge in [0.2, 0.25) is 5.91 Å². The molecule has 1 aliphatic heterocycles. The van der Waals surface area contributed by atoms with Gasteiger partial charge in [0.25, 0.3) is 0 Å². The molecule has 60 heavy (non-hydrogen) atoms. The van der Waals surface area contributed by atoms with E-state index in [0.29, 0.717) is 43.2 Å². The van der Waals surface area contributed by atoms with Crippen LogP contribution in [0.3, 0.4) is 0 Å². The second-order valence-corrected chi connectivity index (χ2v) is 11.4. The maximum atomic E-state index is 14.9. The first-order chi connectivity index (χ1) is 27.2. The van der Waals surface area contributed by atoms with Crippen molar-refractivity contribution >= 4 is 44.5 Å². The Kier molecular flexibility index (Phi) is 27.1. The number of carbonyl (C=O) groups is 3. The summed E-state index contributed by atoms with van der Waals surface area (Å²) in [5, 5.41) is 14.2. The van der Waals surface area contributed by atoms with Crippen LogP contribution >= 0.6 is 12.4 Å². The number of aromatic nitrogens is 4. The molecule has 1 fully saturated rings. The fourth-order valence-corrected chi connectivity index (χ4v) is 4.64. The average molecular weight is 864 g/mol. The molecule has 0 spiro atoms. The van der Waals surface area contributed by atoms with Gasteiger partial charge in [-0.05, 0) is 36.2 Å². The molecule has 4 aromatic heterocycles. The monoisotopic (exact) mass is 863 g/mol. The van der Waals surface area contributed by atoms with Crippen LogP contribution in [0.4, 0.5) is 14.9 Å². The standard InChI is InChI=1S/C23H23FN4O4.C6H7NO3.C4H6N2O.C4H5NO2.CH4.B.ClH.Na.H/c1-15(29)26-11-20-12-28(23(30)32-20)19-6-7-21(22(24)8-19)17-4-2-16(3-5-17)9-25-10-18-13-31-14-27-18;1-2-10-6(8)5-3-9-4-7-5;5-1-4-2-7-3-6-4;6-1-4-2-7-3-5-4;;;;;/h2-8,13-14,20,25H,9-12H2,1H3,(H,26,29);3-4H,2H2,1H3;2-3H,1,5H2;2-3,6H,1H2;1H4;;1H;;/q;;;;;;;+1;-1/t20-;;;;;;;;/m0......../s1. The summed E-state index contributed by atoms with van der Waals surface area (Å²) in [6.45, 7) is 5.59. The summed E-state index contributed by atoms with van der Waals surface area (Å²) in [7, 11) is 0. The average Bonchev–Trinajstić information content (AvgIpc) is 4.06. The van der Waals surface area contributed by atoms with Crippen molar-refractivity contribution < 1.29 is 82.0 Å². The Balaban J connectivity index is 0. The molecule has 6 aromatic rings. The Labute approximate surface area is 377 Å². The number of aliphatic hydroxyl groups excluding tert-OH is 1. The van der Waals surface area contributed by atoms with E-state index in [1.165, 1.54) is 62.3 Å². The molecule has 1 aliphatic rings. The van der Waals surface area contributed by atoms with E-state index in [1.807, 2.05) is 24.3 Å². The fraction of sp³-hybridized carbons (Fsp3) is 0.289. The zero-order valence-corrected chi connectivity index (χ0v) is 35.3. The quantitative estimate of drug-likeness (QED) is 0.102. The topological polar surface area (TPSA) is 247 Å². The molecule has 317 valence electrons. The van der Waals surface area contributed by atoms with Crippen molar-refractivity contribution in [1.82, 2.24) is 30.6 Å². The van der Waals surface area contributed by atoms with E-state index in [4.69, 9.17) is 20.0 Å². The number of hydrogen-bond acceptors (Lipinski definition) is 16. The third kappa shape index (κ3) is 18.3. The molecule has 0 saturated carbocycles. The Morgan fingerprint density at radius 2 is 1.53 bits per heavy atom. The van der Waals surface area contributed by atoms with Crippen molar-refractivity contribution in [2.45, 2.75) is 53.6 Å². The summed E-state index contributed by atoms with van der Waals surface area (Å²) in [5.74, 6) is -1.08. The molecule has 0 unspecified atom stereocenters. The van der Waals surface area contributed by atoms with Gasteiger partial charge in [-0.25, -0.2) is 33.9 Å². The Morgan fingerprint density at radius 3 is 2.02 bits per heavy atom. The van der Waals surface area contributed by atoms with Crippen molar-refractivity contribution in [3.63, 3.8) is 0 Å². The molecule has 0 aliphatic carbocycles. The van der Waals surface area contributed by atoms with Crippen LogP contribution in [0.15, 0.2) is 111 Å². The van der Waals surface area contributed by atoms with E-state index in [1.54, 1.807) is 25.3 Å². The second-order valence-electron chi connectivity index (χ2n) is 11.4. The molecular weight excluding hydrogens is 817 g/mol. The van der Waals surface area contributed by atoms with E-state index in [9.17, 15) is 18.8 Å². The SMILES string of the molecule is C.CC(=O)NC[C@H]1CN(c2ccc(-c3ccc(CNCc4cocn4)cc3)c(F)c2)C(=O)O1.CCOC(=O)c1cocn1.Cl.NCc1cocn1.OCc1cocn1.[B].[H-].[Na+]. The third-order valence-corrected chi connectivity index (χ3v) is 7.36. The molecule has 0 bridgehead atoms. The predicted octanol–water partition coefficient (Wildman–Crippen LogP) is 2.18. The van der Waals surface area contributed by atoms with E-state index in [2.05, 4.69) is 48.6 Å². The van der Waals surface area contributed by atoms with Crippen LogP contribution in [-0.4, -0.2) is 77.2 Å². The summed E-state index contributed by atoms with van der Waals surface area (Å²) >= 11 is 0. The van der Waals surface area contributed by atoms with Gasteiger partial charge in [-0.1, -0.05) is 31.7 Å². The van der Waals surface area contributed by atoms with Gasteiger partial charge in [-0.2, -0.15) is 0 Å². The molecule has 2 amide bonds. The first kappa shape index (κ1) is 54.7. The van der Waals surface area contributed by atoms with Gasteiger partial charge in [0.05, 0.1) is 43.4 Å². The predicted molar refractivity (Wildman–Crippen MR) is 215 cm³/mol. The summed E-state index contributed by atoms with van der Waals surface area (Å²) < 4.78 is 43.4. The van der Waals surface area contributed by atoms with Gasteiger partial charge in [-0.15, -0.1) is 12.4 Å². The number of rotatable bonds is 12. The number of nitrogens with zero attached hydrogens (tertiary/aromatic N) is 5. The number of aliphatic hydroxyl groups is 1. The van der Waals surface area contributed by atoms with E-state index >= 15 is 0 Å². The van der Waals surface area contributed by atoms with Crippen LogP contribution in [0, 0.1) is 5.82 Å². The summed E-state index contributed by atoms with van der Waals surface area (Å²) in [5.41, 5.74) is 10.2. The third-order valence-electron chi connectivity index (χ3n) is 7.36. The van der Waals surface area contributed by atoms with Crippen molar-refractivity contribution in [1.29, 1.82) is 0 Å². The minimum atomic E-state index is -0.560. The molecule has 3 radical (unpaired) electrons. The molecule has 7 rings (SSSR count). The smallest absolute Gasteiger partial charge is 1.00 e. The molecule has 22 heteroatoms. The number of amides is 2. The molecule has 18 nitrogen and oxygen atoms in total. The van der Waals surface area contributed by atoms with E-state index < -0.39 is 24.0 Å². The second kappa shape index (κ2) is 29.8. The summed E-state index contributed by atoms with van der Waals surface area (Å²) in [6.07, 6.45) is 9.96. The maximum absolute atomic E-state index is 14.9. The largest absolute Gasteiger partial charge is 1.00 e. The fourth-order valence-electron chi connectivity index (χ4n) is 4.64. The van der Waals surface area contributed by atoms with Gasteiger partial charge < -0.3 is 50.0 Å². The van der Waals surface area contributed by atoms with Gasteiger partial charge in [0.1, 0.15) is 42.7 Å². The van der Waals surface area contributed by atoms with Crippen LogP contribution in [-0.2, 0) is 40.5 Å². The number of benzene rings is 2. The normalized spacial score (nSPS) is 12.1. The Hall–Kier alpha value is -5.35. The Morgan fingerprint density at radius 1 is 0.933 bits per heavy atom. The first-order valence-corrected chi connectivity index (χ1v) is 17.0. The maximum Gasteiger partial charge on any atom is 1.00 e. The van der Waals surface area contributed by atoms with Gasteiger partial charge in [0, 0.05) is 40.5 Å². The number of nitrogens with two attached hydrogens (primary N) is 1. The number of esters is 1. The number of nitrogens with one attached hydrogen (secondary N) is 2. The minimum Gasteiger partial charge on any atom is -1.00 e. The minimum absolute atomic E-state index is 0. The molecule has 1 atom stereocenters. The van der Waals surface area contributed by atoms with Crippen molar-refractivity contribution in [2.75, 3.05) is 24.6 Å². The molecule has 5 heterocycles. The van der Waals surface area contributed by atoms with Crippen molar-refractivity contribution in [3.05, 3.63) is 127 Å². The molecular formula is C38H47BClFN8NaO10. The first-order valence-electron chi connectivity index (χ1n) is 17.0. The van der Waals surface area contributed by atoms with Crippen molar-refractivity contribution in [2.24, 2.45) is 5.73 Å². The Bertz CT molecular complexity index is 2000. The van der Waals surface area contributed by atoms with Crippen LogP contribution in [0.2, 0.25) is 0 Å². The number of oxazole rings is 4. The van der Waals surface area contributed by atoms with Crippen LogP contribution < -0.4 is 50.8 Å². The summed E-state index contributed by atoms with van der Waals surface area (Å²) in [4.78, 5) is 50.3. The molecule has 1 saturated heterocycles. The zero-order valence-electron chi connectivity index (χ0n) is 33.5. The number of cyclic esters (lactones) is 1. The summed E-state index contributed by atoms with van der Waals surface area (Å²) in [6, 6.07) is 12.2.